The minimum atomic E-state index is -1.47. The fraction of sp³-hybridized carbons (Fsp3) is 0.500. The standard InChI is InChI=1S/C44H62F2N6O9S2Si/c1-44(2,3)40(36-21-30(32-22-31(45)13-14-33(32)46)25-51(36)24-29-11-8-7-9-12-29)52(17-10-16-47)39(55)28-62-19-15-37(53)49-34(41(56)57)23-48-38(54)27-63-26-35(42(58)59)50-43(60)61-18-20-64(4,5)6/h7-9,11-14,21-22,25,34-35,40H,10,15-20,23-24,26-28,47H2,1-6H3,(H,48,54)(H,49,53)(H,50,60)(H,56,57)(H,58,59)/t34-,35+,40+/m1/s1. The average Bonchev–Trinajstić information content (AvgIpc) is 3.61. The molecule has 352 valence electrons. The van der Waals surface area contributed by atoms with Crippen LogP contribution in [0, 0.1) is 17.0 Å². The number of carboxylic acids is 2. The molecule has 0 aliphatic heterocycles. The first-order valence-corrected chi connectivity index (χ1v) is 26.9. The van der Waals surface area contributed by atoms with Crippen LogP contribution in [0.15, 0.2) is 60.8 Å². The highest BCUT2D eigenvalue weighted by Gasteiger charge is 2.37. The van der Waals surface area contributed by atoms with Crippen LogP contribution in [0.1, 0.15) is 50.9 Å². The molecule has 15 nitrogen and oxygen atoms in total. The van der Waals surface area contributed by atoms with Gasteiger partial charge < -0.3 is 46.1 Å². The zero-order chi connectivity index (χ0) is 47.6. The fourth-order valence-corrected chi connectivity index (χ4v) is 8.89. The number of carboxylic acid groups (broad SMARTS) is 2. The van der Waals surface area contributed by atoms with Gasteiger partial charge >= 0.3 is 18.0 Å². The number of halogens is 2. The van der Waals surface area contributed by atoms with Crippen molar-refractivity contribution < 1.29 is 52.5 Å². The summed E-state index contributed by atoms with van der Waals surface area (Å²) in [7, 11) is -1.47. The molecule has 0 saturated carbocycles. The summed E-state index contributed by atoms with van der Waals surface area (Å²) in [6.45, 7) is 13.0. The molecule has 0 spiro atoms. The Morgan fingerprint density at radius 2 is 1.59 bits per heavy atom. The maximum atomic E-state index is 15.1. The molecule has 1 heterocycles. The highest BCUT2D eigenvalue weighted by molar-refractivity contribution is 8.00. The molecule has 0 unspecified atom stereocenters. The number of nitrogens with two attached hydrogens (primary N) is 1. The van der Waals surface area contributed by atoms with E-state index >= 15 is 4.39 Å². The SMILES string of the molecule is CC(C)(C)[C@H](c1cc(-c2cc(F)ccc2F)cn1Cc1ccccc1)N(CCCN)C(=O)CSCCC(=O)N[C@H](CNC(=O)CSC[C@H](NC(=O)OCC[Si](C)(C)C)C(=O)O)C(=O)O. The van der Waals surface area contributed by atoms with Crippen molar-refractivity contribution in [2.45, 2.75) is 84.0 Å². The number of aliphatic carboxylic acids is 2. The molecule has 7 N–H and O–H groups in total. The van der Waals surface area contributed by atoms with Crippen LogP contribution in [0.4, 0.5) is 13.6 Å². The summed E-state index contributed by atoms with van der Waals surface area (Å²) in [4.78, 5) is 76.9. The Labute approximate surface area is 383 Å². The number of thioether (sulfide) groups is 2. The first kappa shape index (κ1) is 53.4. The van der Waals surface area contributed by atoms with Crippen LogP contribution in [-0.2, 0) is 35.3 Å². The molecule has 0 bridgehead atoms. The van der Waals surface area contributed by atoms with E-state index in [9.17, 15) is 43.4 Å². The van der Waals surface area contributed by atoms with Crippen molar-refractivity contribution in [2.24, 2.45) is 11.1 Å². The largest absolute Gasteiger partial charge is 0.480 e. The Bertz CT molecular complexity index is 2050. The van der Waals surface area contributed by atoms with Crippen molar-refractivity contribution >= 4 is 67.4 Å². The zero-order valence-corrected chi connectivity index (χ0v) is 39.9. The summed E-state index contributed by atoms with van der Waals surface area (Å²) in [5, 5.41) is 26.3. The molecule has 0 fully saturated rings. The second kappa shape index (κ2) is 25.5. The lowest BCUT2D eigenvalue weighted by Gasteiger charge is -2.41. The molecule has 3 aromatic rings. The number of benzene rings is 2. The number of carbonyl (C=O) groups excluding carboxylic acids is 4. The van der Waals surface area contributed by atoms with Crippen molar-refractivity contribution in [3.05, 3.63) is 83.7 Å². The third kappa shape index (κ3) is 18.3. The quantitative estimate of drug-likeness (QED) is 0.0415. The number of hydrogen-bond acceptors (Lipinski definition) is 10. The maximum absolute atomic E-state index is 15.1. The van der Waals surface area contributed by atoms with Crippen LogP contribution in [0.3, 0.4) is 0 Å². The van der Waals surface area contributed by atoms with Crippen LogP contribution >= 0.6 is 23.5 Å². The smallest absolute Gasteiger partial charge is 0.407 e. The van der Waals surface area contributed by atoms with Gasteiger partial charge in [-0.3, -0.25) is 14.4 Å². The van der Waals surface area contributed by atoms with Gasteiger partial charge in [0.25, 0.3) is 0 Å². The third-order valence-electron chi connectivity index (χ3n) is 9.73. The van der Waals surface area contributed by atoms with Crippen molar-refractivity contribution in [1.82, 2.24) is 25.4 Å². The van der Waals surface area contributed by atoms with E-state index in [2.05, 4.69) is 35.6 Å². The predicted octanol–water partition coefficient (Wildman–Crippen LogP) is 5.81. The molecule has 0 aliphatic carbocycles. The first-order chi connectivity index (χ1) is 30.1. The van der Waals surface area contributed by atoms with Gasteiger partial charge in [0.05, 0.1) is 24.2 Å². The van der Waals surface area contributed by atoms with E-state index in [1.54, 1.807) is 17.2 Å². The third-order valence-corrected chi connectivity index (χ3v) is 13.4. The lowest BCUT2D eigenvalue weighted by molar-refractivity contribution is -0.141. The van der Waals surface area contributed by atoms with Gasteiger partial charge in [0, 0.05) is 68.7 Å². The Morgan fingerprint density at radius 1 is 0.906 bits per heavy atom. The van der Waals surface area contributed by atoms with E-state index in [1.165, 1.54) is 11.8 Å². The van der Waals surface area contributed by atoms with Crippen LogP contribution in [-0.4, -0.2) is 125 Å². The Balaban J connectivity index is 1.61. The lowest BCUT2D eigenvalue weighted by atomic mass is 9.83. The van der Waals surface area contributed by atoms with Crippen molar-refractivity contribution in [3.63, 3.8) is 0 Å². The summed E-state index contributed by atoms with van der Waals surface area (Å²) in [5.74, 6) is -5.62. The van der Waals surface area contributed by atoms with E-state index in [1.807, 2.05) is 55.7 Å². The normalized spacial score (nSPS) is 13.0. The van der Waals surface area contributed by atoms with Crippen molar-refractivity contribution in [1.29, 1.82) is 0 Å². The number of carbonyl (C=O) groups is 6. The molecular formula is C44H62F2N6O9S2Si. The van der Waals surface area contributed by atoms with E-state index in [0.717, 1.165) is 35.5 Å². The molecule has 3 rings (SSSR count). The predicted molar refractivity (Wildman–Crippen MR) is 249 cm³/mol. The molecule has 64 heavy (non-hydrogen) atoms. The Hall–Kier alpha value is -4.92. The van der Waals surface area contributed by atoms with Crippen molar-refractivity contribution in [3.8, 4) is 11.1 Å². The van der Waals surface area contributed by atoms with Gasteiger partial charge in [-0.15, -0.1) is 11.8 Å². The highest BCUT2D eigenvalue weighted by Crippen LogP contribution is 2.41. The first-order valence-electron chi connectivity index (χ1n) is 20.9. The van der Waals surface area contributed by atoms with Crippen LogP contribution in [0.5, 0.6) is 0 Å². The summed E-state index contributed by atoms with van der Waals surface area (Å²) in [6, 6.07) is 12.1. The summed E-state index contributed by atoms with van der Waals surface area (Å²) in [6.07, 6.45) is 1.24. The van der Waals surface area contributed by atoms with E-state index in [4.69, 9.17) is 10.5 Å². The topological polar surface area (TPSA) is 222 Å². The van der Waals surface area contributed by atoms with Gasteiger partial charge in [-0.1, -0.05) is 70.7 Å². The summed E-state index contributed by atoms with van der Waals surface area (Å²) >= 11 is 2.10. The molecular weight excluding hydrogens is 887 g/mol. The number of alkyl carbamates (subject to hydrolysis) is 1. The van der Waals surface area contributed by atoms with E-state index in [-0.39, 0.29) is 47.5 Å². The molecule has 3 atom stereocenters. The number of nitrogens with one attached hydrogen (secondary N) is 3. The van der Waals surface area contributed by atoms with E-state index in [0.29, 0.717) is 43.4 Å². The number of aromatic nitrogens is 1. The molecule has 4 amide bonds. The van der Waals surface area contributed by atoms with E-state index < -0.39 is 79.6 Å². The molecule has 2 aromatic carbocycles. The van der Waals surface area contributed by atoms with Gasteiger partial charge in [0.2, 0.25) is 17.7 Å². The molecule has 0 saturated heterocycles. The summed E-state index contributed by atoms with van der Waals surface area (Å²) < 4.78 is 36.5. The summed E-state index contributed by atoms with van der Waals surface area (Å²) in [5.41, 5.74) is 7.58. The Morgan fingerprint density at radius 3 is 2.22 bits per heavy atom. The minimum absolute atomic E-state index is 0.0245. The second-order valence-electron chi connectivity index (χ2n) is 17.5. The van der Waals surface area contributed by atoms with Gasteiger partial charge in [-0.2, -0.15) is 11.8 Å². The van der Waals surface area contributed by atoms with Gasteiger partial charge in [0.1, 0.15) is 23.7 Å². The second-order valence-corrected chi connectivity index (χ2v) is 25.2. The Kier molecular flexibility index (Phi) is 21.3. The average molecular weight is 949 g/mol. The van der Waals surface area contributed by atoms with Crippen LogP contribution in [0.25, 0.3) is 11.1 Å². The molecule has 1 aromatic heterocycles. The number of ether oxygens (including phenoxy) is 1. The lowest BCUT2D eigenvalue weighted by Crippen LogP contribution is -2.49. The fourth-order valence-electron chi connectivity index (χ4n) is 6.49. The molecule has 20 heteroatoms. The number of hydrogen-bond donors (Lipinski definition) is 6. The van der Waals surface area contributed by atoms with Crippen LogP contribution in [0.2, 0.25) is 25.7 Å². The van der Waals surface area contributed by atoms with Gasteiger partial charge in [0.15, 0.2) is 0 Å². The van der Waals surface area contributed by atoms with Gasteiger partial charge in [-0.25, -0.2) is 23.2 Å². The highest BCUT2D eigenvalue weighted by atomic mass is 32.2. The number of rotatable bonds is 26. The molecule has 0 aliphatic rings. The molecule has 0 radical (unpaired) electrons. The van der Waals surface area contributed by atoms with Crippen molar-refractivity contribution in [2.75, 3.05) is 49.3 Å². The van der Waals surface area contributed by atoms with Gasteiger partial charge in [-0.05, 0) is 54.3 Å². The van der Waals surface area contributed by atoms with Crippen LogP contribution < -0.4 is 21.7 Å². The minimum Gasteiger partial charge on any atom is -0.480 e. The number of nitrogens with zero attached hydrogens (tertiary/aromatic N) is 2. The number of amides is 4. The maximum Gasteiger partial charge on any atom is 0.407 e. The monoisotopic (exact) mass is 948 g/mol. The zero-order valence-electron chi connectivity index (χ0n) is 37.3.